The minimum atomic E-state index is -1.14. The van der Waals surface area contributed by atoms with Crippen molar-refractivity contribution in [3.05, 3.63) is 81.7 Å². The topological polar surface area (TPSA) is 132 Å². The van der Waals surface area contributed by atoms with E-state index in [1.807, 2.05) is 13.0 Å². The zero-order valence-electron chi connectivity index (χ0n) is 22.5. The van der Waals surface area contributed by atoms with Gasteiger partial charge in [-0.15, -0.1) is 0 Å². The number of hydrogen-bond donors (Lipinski definition) is 2. The van der Waals surface area contributed by atoms with Crippen LogP contribution in [0, 0.1) is 0 Å². The van der Waals surface area contributed by atoms with Crippen LogP contribution in [0.1, 0.15) is 29.1 Å². The van der Waals surface area contributed by atoms with E-state index >= 15 is 0 Å². The van der Waals surface area contributed by atoms with Gasteiger partial charge in [0, 0.05) is 5.39 Å². The maximum Gasteiger partial charge on any atom is 0.296 e. The Hall–Kier alpha value is -4.55. The summed E-state index contributed by atoms with van der Waals surface area (Å²) in [5, 5.41) is 22.6. The number of aliphatic hydroxyl groups excluding tert-OH is 1. The Morgan fingerprint density at radius 2 is 1.88 bits per heavy atom. The van der Waals surface area contributed by atoms with Crippen molar-refractivity contribution < 1.29 is 38.4 Å². The normalized spacial score (nSPS) is 15.2. The minimum Gasteiger partial charge on any atom is -0.503 e. The van der Waals surface area contributed by atoms with Gasteiger partial charge in [0.2, 0.25) is 5.78 Å². The second-order valence-corrected chi connectivity index (χ2v) is 11.1. The fourth-order valence-electron chi connectivity index (χ4n) is 4.95. The predicted octanol–water partition coefficient (Wildman–Crippen LogP) is 6.71. The van der Waals surface area contributed by atoms with Crippen molar-refractivity contribution >= 4 is 65.3 Å². The standard InChI is InChI=1S/C30H23BrN2O8S/c1-4-40-16-8-9-18-22(13-16)42-30(32-18)33-24(15-10-17(31)25(34)20(12-15)39-3)23(27(36)29(33)37)26(35)21-11-14-6-5-7-19(38-2)28(14)41-21/h5-13,24,34,36H,4H2,1-3H3. The highest BCUT2D eigenvalue weighted by atomic mass is 79.9. The molecular formula is C30H23BrN2O8S. The van der Waals surface area contributed by atoms with Crippen LogP contribution in [0.15, 0.2) is 74.8 Å². The molecule has 2 N–H and O–H groups in total. The number of carbonyl (C=O) groups is 2. The lowest BCUT2D eigenvalue weighted by Crippen LogP contribution is -2.31. The number of fused-ring (bicyclic) bond motifs is 2. The smallest absolute Gasteiger partial charge is 0.296 e. The van der Waals surface area contributed by atoms with Crippen LogP contribution in [-0.2, 0) is 4.79 Å². The van der Waals surface area contributed by atoms with Gasteiger partial charge in [0.1, 0.15) is 5.75 Å². The van der Waals surface area contributed by atoms with Crippen molar-refractivity contribution in [1.82, 2.24) is 4.98 Å². The first-order valence-electron chi connectivity index (χ1n) is 12.7. The molecule has 2 aromatic heterocycles. The molecule has 0 fully saturated rings. The summed E-state index contributed by atoms with van der Waals surface area (Å²) < 4.78 is 23.2. The van der Waals surface area contributed by atoms with E-state index < -0.39 is 23.5 Å². The molecule has 1 atom stereocenters. The molecule has 10 nitrogen and oxygen atoms in total. The van der Waals surface area contributed by atoms with Gasteiger partial charge in [-0.25, -0.2) is 4.98 Å². The first kappa shape index (κ1) is 27.6. The molecule has 1 aliphatic rings. The molecule has 0 bridgehead atoms. The lowest BCUT2D eigenvalue weighted by atomic mass is 9.95. The lowest BCUT2D eigenvalue weighted by Gasteiger charge is -2.25. The average Bonchev–Trinajstić information content (AvgIpc) is 3.68. The summed E-state index contributed by atoms with van der Waals surface area (Å²) in [5.74, 6) is -1.33. The molecule has 12 heteroatoms. The Kier molecular flexibility index (Phi) is 7.03. The number of halogens is 1. The van der Waals surface area contributed by atoms with Crippen LogP contribution in [-0.4, -0.2) is 47.7 Å². The van der Waals surface area contributed by atoms with E-state index in [4.69, 9.17) is 18.6 Å². The number of phenolic OH excluding ortho intramolecular Hbond substituents is 1. The van der Waals surface area contributed by atoms with Crippen molar-refractivity contribution in [2.45, 2.75) is 13.0 Å². The molecule has 3 aromatic carbocycles. The van der Waals surface area contributed by atoms with E-state index in [9.17, 15) is 19.8 Å². The van der Waals surface area contributed by atoms with Gasteiger partial charge in [0.05, 0.1) is 47.1 Å². The van der Waals surface area contributed by atoms with Crippen LogP contribution in [0.3, 0.4) is 0 Å². The number of nitrogens with zero attached hydrogens (tertiary/aromatic N) is 2. The van der Waals surface area contributed by atoms with E-state index in [1.54, 1.807) is 36.4 Å². The van der Waals surface area contributed by atoms with Crippen LogP contribution < -0.4 is 19.1 Å². The number of carbonyl (C=O) groups excluding carboxylic acids is 2. The molecule has 0 saturated heterocycles. The summed E-state index contributed by atoms with van der Waals surface area (Å²) in [6, 6.07) is 14.0. The van der Waals surface area contributed by atoms with Gasteiger partial charge in [-0.05, 0) is 70.9 Å². The molecular weight excluding hydrogens is 628 g/mol. The number of amides is 1. The predicted molar refractivity (Wildman–Crippen MR) is 160 cm³/mol. The van der Waals surface area contributed by atoms with E-state index in [0.717, 1.165) is 4.70 Å². The van der Waals surface area contributed by atoms with Gasteiger partial charge in [-0.3, -0.25) is 14.5 Å². The Morgan fingerprint density at radius 1 is 1.10 bits per heavy atom. The Morgan fingerprint density at radius 3 is 2.62 bits per heavy atom. The molecule has 0 radical (unpaired) electrons. The number of phenols is 1. The van der Waals surface area contributed by atoms with E-state index in [0.29, 0.717) is 40.2 Å². The number of anilines is 1. The van der Waals surface area contributed by atoms with E-state index in [1.165, 1.54) is 42.6 Å². The average molecular weight is 651 g/mol. The quantitative estimate of drug-likeness (QED) is 0.176. The Bertz CT molecular complexity index is 1930. The minimum absolute atomic E-state index is 0.0915. The van der Waals surface area contributed by atoms with Crippen LogP contribution >= 0.6 is 27.3 Å². The number of thiazole rings is 1. The number of benzene rings is 3. The molecule has 0 aliphatic carbocycles. The summed E-state index contributed by atoms with van der Waals surface area (Å²) in [4.78, 5) is 33.7. The molecule has 1 aliphatic heterocycles. The number of aromatic hydroxyl groups is 1. The molecule has 1 amide bonds. The number of rotatable bonds is 8. The Labute approximate surface area is 251 Å². The summed E-state index contributed by atoms with van der Waals surface area (Å²) in [6.07, 6.45) is 0. The highest BCUT2D eigenvalue weighted by molar-refractivity contribution is 9.10. The largest absolute Gasteiger partial charge is 0.503 e. The second-order valence-electron chi connectivity index (χ2n) is 9.27. The lowest BCUT2D eigenvalue weighted by molar-refractivity contribution is -0.117. The molecule has 0 saturated carbocycles. The molecule has 3 heterocycles. The van der Waals surface area contributed by atoms with Gasteiger partial charge in [-0.1, -0.05) is 23.5 Å². The van der Waals surface area contributed by atoms with Crippen LogP contribution in [0.25, 0.3) is 21.2 Å². The zero-order valence-corrected chi connectivity index (χ0v) is 24.9. The Balaban J connectivity index is 1.53. The number of ketones is 1. The molecule has 214 valence electrons. The third kappa shape index (κ3) is 4.43. The molecule has 1 unspecified atom stereocenters. The van der Waals surface area contributed by atoms with Gasteiger partial charge in [-0.2, -0.15) is 0 Å². The van der Waals surface area contributed by atoms with Crippen LogP contribution in [0.4, 0.5) is 5.13 Å². The van der Waals surface area contributed by atoms with Gasteiger partial charge < -0.3 is 28.8 Å². The number of furan rings is 1. The van der Waals surface area contributed by atoms with Crippen molar-refractivity contribution in [2.75, 3.05) is 25.7 Å². The number of aromatic nitrogens is 1. The van der Waals surface area contributed by atoms with Crippen molar-refractivity contribution in [3.8, 4) is 23.0 Å². The highest BCUT2D eigenvalue weighted by Gasteiger charge is 2.47. The maximum atomic E-state index is 14.1. The summed E-state index contributed by atoms with van der Waals surface area (Å²) in [6.45, 7) is 2.36. The van der Waals surface area contributed by atoms with Crippen molar-refractivity contribution in [3.63, 3.8) is 0 Å². The van der Waals surface area contributed by atoms with Crippen LogP contribution in [0.5, 0.6) is 23.0 Å². The van der Waals surface area contributed by atoms with E-state index in [2.05, 4.69) is 20.9 Å². The second kappa shape index (κ2) is 10.7. The number of para-hydroxylation sites is 1. The number of Topliss-reactive ketones (excluding diaryl/α,β-unsaturated/α-hetero) is 1. The molecule has 0 spiro atoms. The first-order chi connectivity index (χ1) is 20.2. The fraction of sp³-hybridized carbons (Fsp3) is 0.167. The fourth-order valence-corrected chi connectivity index (χ4v) is 6.43. The first-order valence-corrected chi connectivity index (χ1v) is 14.3. The van der Waals surface area contributed by atoms with E-state index in [-0.39, 0.29) is 32.4 Å². The summed E-state index contributed by atoms with van der Waals surface area (Å²) in [7, 11) is 2.87. The van der Waals surface area contributed by atoms with Crippen LogP contribution in [0.2, 0.25) is 0 Å². The number of aliphatic hydroxyl groups is 1. The molecule has 42 heavy (non-hydrogen) atoms. The van der Waals surface area contributed by atoms with Crippen molar-refractivity contribution in [2.24, 2.45) is 0 Å². The summed E-state index contributed by atoms with van der Waals surface area (Å²) >= 11 is 4.53. The SMILES string of the molecule is CCOc1ccc2nc(N3C(=O)C(O)=C(C(=O)c4cc5cccc(OC)c5o4)C3c3cc(Br)c(O)c(OC)c3)sc2c1. The number of methoxy groups -OCH3 is 2. The third-order valence-corrected chi connectivity index (χ3v) is 8.48. The summed E-state index contributed by atoms with van der Waals surface area (Å²) in [5.41, 5.74) is 1.12. The monoisotopic (exact) mass is 650 g/mol. The number of hydrogen-bond acceptors (Lipinski definition) is 10. The van der Waals surface area contributed by atoms with Gasteiger partial charge >= 0.3 is 0 Å². The highest BCUT2D eigenvalue weighted by Crippen LogP contribution is 2.47. The third-order valence-electron chi connectivity index (χ3n) is 6.86. The maximum absolute atomic E-state index is 14.1. The molecule has 5 aromatic rings. The zero-order chi connectivity index (χ0) is 29.7. The van der Waals surface area contributed by atoms with Gasteiger partial charge in [0.25, 0.3) is 5.91 Å². The number of ether oxygens (including phenoxy) is 3. The van der Waals surface area contributed by atoms with Crippen molar-refractivity contribution in [1.29, 1.82) is 0 Å². The molecule has 6 rings (SSSR count). The van der Waals surface area contributed by atoms with Gasteiger partial charge in [0.15, 0.2) is 39.5 Å².